The van der Waals surface area contributed by atoms with Crippen molar-refractivity contribution in [3.63, 3.8) is 0 Å². The minimum atomic E-state index is 0.337. The fourth-order valence-electron chi connectivity index (χ4n) is 2.55. The molecule has 0 aliphatic heterocycles. The number of hydrogen-bond donors (Lipinski definition) is 1. The summed E-state index contributed by atoms with van der Waals surface area (Å²) in [5.74, 6) is 0. The molecule has 0 fully saturated rings. The molecule has 0 rings (SSSR count). The first kappa shape index (κ1) is 25.1. The standard InChI is InChI=1S/C18H38O3.CH5N/c1-4-5-6-7-8-9-10-11-12-13-14-15-18(2)20-16-17-21-19-3;1-2/h18H,4-17H2,1-3H3;2H2,1H3. The van der Waals surface area contributed by atoms with Crippen LogP contribution in [0.2, 0.25) is 0 Å². The highest BCUT2D eigenvalue weighted by Crippen LogP contribution is 2.13. The van der Waals surface area contributed by atoms with E-state index < -0.39 is 0 Å². The van der Waals surface area contributed by atoms with Crippen LogP contribution in [0.15, 0.2) is 0 Å². The van der Waals surface area contributed by atoms with Gasteiger partial charge in [-0.15, -0.1) is 0 Å². The van der Waals surface area contributed by atoms with Crippen LogP contribution in [0, 0.1) is 0 Å². The Morgan fingerprint density at radius 1 is 0.739 bits per heavy atom. The van der Waals surface area contributed by atoms with Crippen LogP contribution < -0.4 is 5.73 Å². The van der Waals surface area contributed by atoms with Gasteiger partial charge in [0.15, 0.2) is 0 Å². The average molecular weight is 334 g/mol. The quantitative estimate of drug-likeness (QED) is 0.224. The van der Waals surface area contributed by atoms with Crippen LogP contribution in [0.4, 0.5) is 0 Å². The second-order valence-electron chi connectivity index (χ2n) is 5.99. The summed E-state index contributed by atoms with van der Waals surface area (Å²) in [7, 11) is 3.02. The summed E-state index contributed by atoms with van der Waals surface area (Å²) in [6.45, 7) is 5.55. The van der Waals surface area contributed by atoms with Crippen LogP contribution in [-0.2, 0) is 14.5 Å². The third kappa shape index (κ3) is 24.2. The van der Waals surface area contributed by atoms with Crippen molar-refractivity contribution in [3.05, 3.63) is 0 Å². The van der Waals surface area contributed by atoms with Crippen LogP contribution in [0.1, 0.15) is 90.9 Å². The van der Waals surface area contributed by atoms with E-state index in [9.17, 15) is 0 Å². The van der Waals surface area contributed by atoms with Crippen molar-refractivity contribution in [1.82, 2.24) is 0 Å². The third-order valence-electron chi connectivity index (χ3n) is 3.90. The van der Waals surface area contributed by atoms with Gasteiger partial charge in [0.1, 0.15) is 6.61 Å². The zero-order chi connectivity index (χ0) is 17.6. The number of rotatable bonds is 17. The van der Waals surface area contributed by atoms with Crippen molar-refractivity contribution in [3.8, 4) is 0 Å². The molecule has 23 heavy (non-hydrogen) atoms. The van der Waals surface area contributed by atoms with Gasteiger partial charge in [-0.05, 0) is 20.4 Å². The molecule has 4 heteroatoms. The molecule has 1 unspecified atom stereocenters. The predicted molar refractivity (Wildman–Crippen MR) is 99.6 cm³/mol. The second-order valence-corrected chi connectivity index (χ2v) is 5.99. The molecule has 0 spiro atoms. The van der Waals surface area contributed by atoms with Gasteiger partial charge in [0.05, 0.1) is 19.8 Å². The van der Waals surface area contributed by atoms with Crippen molar-refractivity contribution in [2.24, 2.45) is 5.73 Å². The molecular weight excluding hydrogens is 290 g/mol. The van der Waals surface area contributed by atoms with Gasteiger partial charge in [-0.3, -0.25) is 0 Å². The maximum absolute atomic E-state index is 5.63. The second kappa shape index (κ2) is 24.1. The minimum Gasteiger partial charge on any atom is -0.376 e. The fraction of sp³-hybridized carbons (Fsp3) is 1.00. The Morgan fingerprint density at radius 2 is 1.22 bits per heavy atom. The highest BCUT2D eigenvalue weighted by atomic mass is 17.2. The van der Waals surface area contributed by atoms with Crippen LogP contribution in [0.3, 0.4) is 0 Å². The van der Waals surface area contributed by atoms with Crippen LogP contribution in [0.25, 0.3) is 0 Å². The highest BCUT2D eigenvalue weighted by Gasteiger charge is 2.02. The summed E-state index contributed by atoms with van der Waals surface area (Å²) in [5.41, 5.74) is 4.50. The Morgan fingerprint density at radius 3 is 1.70 bits per heavy atom. The summed E-state index contributed by atoms with van der Waals surface area (Å²) in [6, 6.07) is 0. The smallest absolute Gasteiger partial charge is 0.106 e. The van der Waals surface area contributed by atoms with E-state index in [1.807, 2.05) is 0 Å². The monoisotopic (exact) mass is 333 g/mol. The Balaban J connectivity index is 0. The van der Waals surface area contributed by atoms with E-state index in [2.05, 4.69) is 24.5 Å². The zero-order valence-corrected chi connectivity index (χ0v) is 16.3. The Bertz CT molecular complexity index is 191. The average Bonchev–Trinajstić information content (AvgIpc) is 2.58. The van der Waals surface area contributed by atoms with Gasteiger partial charge < -0.3 is 10.5 Å². The largest absolute Gasteiger partial charge is 0.376 e. The maximum atomic E-state index is 5.63. The lowest BCUT2D eigenvalue weighted by Crippen LogP contribution is -2.12. The number of ether oxygens (including phenoxy) is 1. The summed E-state index contributed by atoms with van der Waals surface area (Å²) < 4.78 is 5.63. The first-order valence-electron chi connectivity index (χ1n) is 9.66. The lowest BCUT2D eigenvalue weighted by atomic mass is 10.0. The molecular formula is C19H43NO3. The van der Waals surface area contributed by atoms with Gasteiger partial charge in [-0.25, -0.2) is 9.78 Å². The Kier molecular flexibility index (Phi) is 26.3. The molecule has 0 bridgehead atoms. The molecule has 1 atom stereocenters. The van der Waals surface area contributed by atoms with Crippen molar-refractivity contribution in [2.75, 3.05) is 27.4 Å². The van der Waals surface area contributed by atoms with Crippen LogP contribution in [0.5, 0.6) is 0 Å². The highest BCUT2D eigenvalue weighted by molar-refractivity contribution is 4.53. The van der Waals surface area contributed by atoms with Gasteiger partial charge in [-0.2, -0.15) is 0 Å². The molecule has 0 aliphatic carbocycles. The molecule has 0 aromatic carbocycles. The molecule has 4 nitrogen and oxygen atoms in total. The normalized spacial score (nSPS) is 11.9. The van der Waals surface area contributed by atoms with E-state index in [1.165, 1.54) is 84.8 Å². The SMILES string of the molecule is CCCCCCCCCCCCCC(C)OCCOOC.CN. The third-order valence-corrected chi connectivity index (χ3v) is 3.90. The summed E-state index contributed by atoms with van der Waals surface area (Å²) in [6.07, 6.45) is 16.8. The van der Waals surface area contributed by atoms with Gasteiger partial charge >= 0.3 is 0 Å². The fourth-order valence-corrected chi connectivity index (χ4v) is 2.55. The topological polar surface area (TPSA) is 53.7 Å². The Hall–Kier alpha value is -0.160. The molecule has 0 aromatic rings. The molecule has 0 aromatic heterocycles. The summed E-state index contributed by atoms with van der Waals surface area (Å²) in [5, 5.41) is 0. The molecule has 0 heterocycles. The van der Waals surface area contributed by atoms with Crippen molar-refractivity contribution >= 4 is 0 Å². The first-order valence-corrected chi connectivity index (χ1v) is 9.66. The lowest BCUT2D eigenvalue weighted by Gasteiger charge is -2.12. The van der Waals surface area contributed by atoms with Crippen molar-refractivity contribution in [2.45, 2.75) is 97.0 Å². The summed E-state index contributed by atoms with van der Waals surface area (Å²) >= 11 is 0. The van der Waals surface area contributed by atoms with E-state index >= 15 is 0 Å². The molecule has 142 valence electrons. The predicted octanol–water partition coefficient (Wildman–Crippen LogP) is 5.25. The van der Waals surface area contributed by atoms with Crippen LogP contribution >= 0.6 is 0 Å². The van der Waals surface area contributed by atoms with Gasteiger partial charge in [0.25, 0.3) is 0 Å². The van der Waals surface area contributed by atoms with E-state index in [0.29, 0.717) is 19.3 Å². The van der Waals surface area contributed by atoms with E-state index in [0.717, 1.165) is 6.42 Å². The van der Waals surface area contributed by atoms with Crippen LogP contribution in [-0.4, -0.2) is 33.5 Å². The molecule has 0 radical (unpaired) electrons. The molecule has 0 saturated carbocycles. The van der Waals surface area contributed by atoms with E-state index in [4.69, 9.17) is 9.62 Å². The van der Waals surface area contributed by atoms with Gasteiger partial charge in [-0.1, -0.05) is 77.6 Å². The summed E-state index contributed by atoms with van der Waals surface area (Å²) in [4.78, 5) is 9.29. The number of unbranched alkanes of at least 4 members (excludes halogenated alkanes) is 10. The van der Waals surface area contributed by atoms with Crippen molar-refractivity contribution < 1.29 is 14.5 Å². The molecule has 0 saturated heterocycles. The minimum absolute atomic E-state index is 0.337. The Labute approximate surface area is 145 Å². The molecule has 2 N–H and O–H groups in total. The number of nitrogens with two attached hydrogens (primary N) is 1. The van der Waals surface area contributed by atoms with Crippen molar-refractivity contribution in [1.29, 1.82) is 0 Å². The zero-order valence-electron chi connectivity index (χ0n) is 16.3. The first-order chi connectivity index (χ1) is 11.3. The van der Waals surface area contributed by atoms with E-state index in [-0.39, 0.29) is 0 Å². The number of hydrogen-bond acceptors (Lipinski definition) is 4. The van der Waals surface area contributed by atoms with Gasteiger partial charge in [0.2, 0.25) is 0 Å². The lowest BCUT2D eigenvalue weighted by molar-refractivity contribution is -0.279. The molecule has 0 aliphatic rings. The van der Waals surface area contributed by atoms with Gasteiger partial charge in [0, 0.05) is 0 Å². The molecule has 0 amide bonds. The maximum Gasteiger partial charge on any atom is 0.106 e. The van der Waals surface area contributed by atoms with E-state index in [1.54, 1.807) is 0 Å².